The quantitative estimate of drug-likeness (QED) is 0.781. The minimum atomic E-state index is 0.163. The van der Waals surface area contributed by atoms with Crippen molar-refractivity contribution in [2.45, 2.75) is 18.9 Å². The molecule has 1 aliphatic rings. The first-order chi connectivity index (χ1) is 5.12. The molecule has 1 fully saturated rings. The Hall–Kier alpha value is 0.140. The summed E-state index contributed by atoms with van der Waals surface area (Å²) in [6.45, 7) is 8.44. The van der Waals surface area contributed by atoms with Crippen LogP contribution >= 0.6 is 15.9 Å². The maximum absolute atomic E-state index is 5.28. The summed E-state index contributed by atoms with van der Waals surface area (Å²) in [5.41, 5.74) is 0.163. The fourth-order valence-electron chi connectivity index (χ4n) is 1.12. The number of rotatable bonds is 3. The first-order valence-electron chi connectivity index (χ1n) is 3.78. The maximum atomic E-state index is 5.28. The Morgan fingerprint density at radius 2 is 2.55 bits per heavy atom. The van der Waals surface area contributed by atoms with Crippen molar-refractivity contribution in [3.05, 3.63) is 11.1 Å². The van der Waals surface area contributed by atoms with E-state index in [1.54, 1.807) is 0 Å². The molecule has 0 aliphatic carbocycles. The summed E-state index contributed by atoms with van der Waals surface area (Å²) in [5.74, 6) is 0. The molecule has 1 saturated heterocycles. The summed E-state index contributed by atoms with van der Waals surface area (Å²) in [4.78, 5) is 0. The lowest BCUT2D eigenvalue weighted by Gasteiger charge is -2.23. The Bertz CT molecular complexity index is 152. The van der Waals surface area contributed by atoms with Crippen LogP contribution < -0.4 is 5.32 Å². The second-order valence-corrected chi connectivity index (χ2v) is 4.36. The molecule has 1 heterocycles. The third kappa shape index (κ3) is 2.93. The summed E-state index contributed by atoms with van der Waals surface area (Å²) in [7, 11) is 0. The van der Waals surface area contributed by atoms with E-state index in [2.05, 4.69) is 34.7 Å². The monoisotopic (exact) mass is 219 g/mol. The molecule has 1 unspecified atom stereocenters. The van der Waals surface area contributed by atoms with Crippen molar-refractivity contribution in [2.75, 3.05) is 19.8 Å². The van der Waals surface area contributed by atoms with Crippen LogP contribution in [0, 0.1) is 0 Å². The molecule has 0 amide bonds. The van der Waals surface area contributed by atoms with E-state index in [9.17, 15) is 0 Å². The standard InChI is InChI=1S/C8H14BrNO/c1-7(9)5-10-8(2)3-4-11-6-8/h10H,1,3-6H2,2H3. The van der Waals surface area contributed by atoms with Gasteiger partial charge in [0.15, 0.2) is 0 Å². The molecule has 3 heteroatoms. The van der Waals surface area contributed by atoms with E-state index in [1.165, 1.54) is 0 Å². The number of hydrogen-bond acceptors (Lipinski definition) is 2. The molecule has 0 aromatic rings. The SMILES string of the molecule is C=C(Br)CNC1(C)CCOC1. The zero-order valence-electron chi connectivity index (χ0n) is 6.82. The molecule has 0 saturated carbocycles. The maximum Gasteiger partial charge on any atom is 0.0646 e. The van der Waals surface area contributed by atoms with Gasteiger partial charge >= 0.3 is 0 Å². The van der Waals surface area contributed by atoms with Gasteiger partial charge < -0.3 is 10.1 Å². The van der Waals surface area contributed by atoms with Gasteiger partial charge in [0.2, 0.25) is 0 Å². The number of halogens is 1. The van der Waals surface area contributed by atoms with E-state index in [4.69, 9.17) is 4.74 Å². The highest BCUT2D eigenvalue weighted by Gasteiger charge is 2.28. The highest BCUT2D eigenvalue weighted by atomic mass is 79.9. The molecule has 2 nitrogen and oxygen atoms in total. The molecule has 1 rings (SSSR count). The number of nitrogens with one attached hydrogen (secondary N) is 1. The largest absolute Gasteiger partial charge is 0.379 e. The minimum Gasteiger partial charge on any atom is -0.379 e. The normalized spacial score (nSPS) is 30.7. The zero-order valence-corrected chi connectivity index (χ0v) is 8.41. The van der Waals surface area contributed by atoms with Crippen molar-refractivity contribution in [3.8, 4) is 0 Å². The predicted molar refractivity (Wildman–Crippen MR) is 49.9 cm³/mol. The van der Waals surface area contributed by atoms with Gasteiger partial charge in [-0.15, -0.1) is 0 Å². The van der Waals surface area contributed by atoms with Gasteiger partial charge in [0.05, 0.1) is 6.61 Å². The molecule has 0 radical (unpaired) electrons. The van der Waals surface area contributed by atoms with E-state index < -0.39 is 0 Å². The average Bonchev–Trinajstić information content (AvgIpc) is 2.33. The molecule has 0 aromatic carbocycles. The summed E-state index contributed by atoms with van der Waals surface area (Å²) >= 11 is 3.31. The third-order valence-electron chi connectivity index (χ3n) is 1.93. The van der Waals surface area contributed by atoms with Crippen molar-refractivity contribution in [2.24, 2.45) is 0 Å². The van der Waals surface area contributed by atoms with Crippen molar-refractivity contribution >= 4 is 15.9 Å². The van der Waals surface area contributed by atoms with Crippen molar-refractivity contribution in [1.29, 1.82) is 0 Å². The lowest BCUT2D eigenvalue weighted by Crippen LogP contribution is -2.43. The van der Waals surface area contributed by atoms with E-state index in [0.717, 1.165) is 30.7 Å². The van der Waals surface area contributed by atoms with Crippen molar-refractivity contribution in [3.63, 3.8) is 0 Å². The lowest BCUT2D eigenvalue weighted by molar-refractivity contribution is 0.173. The lowest BCUT2D eigenvalue weighted by atomic mass is 10.0. The van der Waals surface area contributed by atoms with Crippen LogP contribution in [0.1, 0.15) is 13.3 Å². The van der Waals surface area contributed by atoms with Crippen LogP contribution in [-0.2, 0) is 4.74 Å². The molecule has 11 heavy (non-hydrogen) atoms. The van der Waals surface area contributed by atoms with Gasteiger partial charge in [-0.2, -0.15) is 0 Å². The van der Waals surface area contributed by atoms with Gasteiger partial charge in [0.25, 0.3) is 0 Å². The van der Waals surface area contributed by atoms with Crippen LogP contribution in [-0.4, -0.2) is 25.3 Å². The number of hydrogen-bond donors (Lipinski definition) is 1. The van der Waals surface area contributed by atoms with E-state index in [0.29, 0.717) is 0 Å². The molecule has 1 aliphatic heterocycles. The van der Waals surface area contributed by atoms with Gasteiger partial charge in [0.1, 0.15) is 0 Å². The van der Waals surface area contributed by atoms with E-state index in [-0.39, 0.29) is 5.54 Å². The van der Waals surface area contributed by atoms with E-state index >= 15 is 0 Å². The highest BCUT2D eigenvalue weighted by Crippen LogP contribution is 2.17. The van der Waals surface area contributed by atoms with Gasteiger partial charge in [-0.05, 0) is 13.3 Å². The van der Waals surface area contributed by atoms with Crippen LogP contribution in [0.15, 0.2) is 11.1 Å². The van der Waals surface area contributed by atoms with Crippen molar-refractivity contribution in [1.82, 2.24) is 5.32 Å². The van der Waals surface area contributed by atoms with E-state index in [1.807, 2.05) is 0 Å². The zero-order chi connectivity index (χ0) is 8.32. The Labute approximate surface area is 76.1 Å². The summed E-state index contributed by atoms with van der Waals surface area (Å²) < 4.78 is 6.28. The average molecular weight is 220 g/mol. The molecular formula is C8H14BrNO. The number of ether oxygens (including phenoxy) is 1. The van der Waals surface area contributed by atoms with Crippen LogP contribution in [0.5, 0.6) is 0 Å². The molecule has 1 N–H and O–H groups in total. The molecular weight excluding hydrogens is 206 g/mol. The molecule has 64 valence electrons. The fourth-order valence-corrected chi connectivity index (χ4v) is 1.26. The van der Waals surface area contributed by atoms with Crippen LogP contribution in [0.3, 0.4) is 0 Å². The molecule has 1 atom stereocenters. The van der Waals surface area contributed by atoms with Gasteiger partial charge in [-0.1, -0.05) is 22.5 Å². The first kappa shape index (κ1) is 9.23. The summed E-state index contributed by atoms with van der Waals surface area (Å²) in [5, 5.41) is 3.39. The summed E-state index contributed by atoms with van der Waals surface area (Å²) in [6.07, 6.45) is 1.09. The predicted octanol–water partition coefficient (Wildman–Crippen LogP) is 1.66. The smallest absolute Gasteiger partial charge is 0.0646 e. The van der Waals surface area contributed by atoms with Gasteiger partial charge in [0, 0.05) is 23.2 Å². The Morgan fingerprint density at radius 3 is 3.00 bits per heavy atom. The Kier molecular flexibility index (Phi) is 3.10. The van der Waals surface area contributed by atoms with Gasteiger partial charge in [-0.3, -0.25) is 0 Å². The highest BCUT2D eigenvalue weighted by molar-refractivity contribution is 9.11. The third-order valence-corrected chi connectivity index (χ3v) is 2.21. The second kappa shape index (κ2) is 3.70. The molecule has 0 spiro atoms. The first-order valence-corrected chi connectivity index (χ1v) is 4.58. The second-order valence-electron chi connectivity index (χ2n) is 3.23. The Balaban J connectivity index is 2.28. The molecule has 0 bridgehead atoms. The topological polar surface area (TPSA) is 21.3 Å². The fraction of sp³-hybridized carbons (Fsp3) is 0.750. The minimum absolute atomic E-state index is 0.163. The van der Waals surface area contributed by atoms with Crippen LogP contribution in [0.25, 0.3) is 0 Å². The van der Waals surface area contributed by atoms with Crippen LogP contribution in [0.4, 0.5) is 0 Å². The van der Waals surface area contributed by atoms with Crippen LogP contribution in [0.2, 0.25) is 0 Å². The Morgan fingerprint density at radius 1 is 1.82 bits per heavy atom. The van der Waals surface area contributed by atoms with Crippen molar-refractivity contribution < 1.29 is 4.74 Å². The van der Waals surface area contributed by atoms with Gasteiger partial charge in [-0.25, -0.2) is 0 Å². The molecule has 0 aromatic heterocycles. The summed E-state index contributed by atoms with van der Waals surface area (Å²) in [6, 6.07) is 0.